The van der Waals surface area contributed by atoms with Gasteiger partial charge in [-0.25, -0.2) is 0 Å². The van der Waals surface area contributed by atoms with Crippen LogP contribution in [0.25, 0.3) is 0 Å². The molecular formula is C34H42N2O10. The molecule has 5 rings (SSSR count). The average Bonchev–Trinajstić information content (AvgIpc) is 3.42. The number of amides is 4. The smallest absolute Gasteiger partial charge is 0.303 e. The van der Waals surface area contributed by atoms with Gasteiger partial charge >= 0.3 is 11.9 Å². The number of allylic oxidation sites excluding steroid dienone is 2. The summed E-state index contributed by atoms with van der Waals surface area (Å²) >= 11 is 0. The van der Waals surface area contributed by atoms with Gasteiger partial charge in [-0.1, -0.05) is 36.6 Å². The zero-order valence-corrected chi connectivity index (χ0v) is 25.8. The van der Waals surface area contributed by atoms with Gasteiger partial charge in [-0.15, -0.1) is 0 Å². The molecule has 1 aromatic rings. The van der Waals surface area contributed by atoms with Crippen molar-refractivity contribution in [1.82, 2.24) is 9.80 Å². The predicted molar refractivity (Wildman–Crippen MR) is 162 cm³/mol. The number of rotatable bonds is 16. The van der Waals surface area contributed by atoms with Crippen molar-refractivity contribution in [1.29, 1.82) is 0 Å². The molecule has 46 heavy (non-hydrogen) atoms. The number of aliphatic hydroxyl groups excluding tert-OH is 1. The monoisotopic (exact) mass is 638 g/mol. The molecule has 0 unspecified atom stereocenters. The van der Waals surface area contributed by atoms with Gasteiger partial charge in [-0.05, 0) is 62.1 Å². The highest BCUT2D eigenvalue weighted by atomic mass is 16.5. The standard InChI is InChI=1S/C34H42N2O10/c37-17-18-46-21-11-9-20(10-12-21)28-22-13-14-23-29(33(44)35(31(23)42)15-5-1-3-7-26(38)39)24(22)19-25-30(28)34(45)36(32(25)43)16-6-2-4-8-27(40)41/h9-13,23-25,28-30,37H,1-8,14-19H2,(H,38,39)(H,40,41)/t23-,24+,25+,28-,29-,30+/m0/s1. The minimum absolute atomic E-state index is 0.0255. The Balaban J connectivity index is 1.40. The number of likely N-dealkylation sites (tertiary alicyclic amines) is 2. The van der Waals surface area contributed by atoms with E-state index in [9.17, 15) is 28.8 Å². The lowest BCUT2D eigenvalue weighted by molar-refractivity contribution is -0.142. The van der Waals surface area contributed by atoms with Gasteiger partial charge < -0.3 is 20.1 Å². The Bertz CT molecular complexity index is 1390. The number of hydrogen-bond acceptors (Lipinski definition) is 8. The fourth-order valence-electron chi connectivity index (χ4n) is 7.92. The van der Waals surface area contributed by atoms with Crippen molar-refractivity contribution >= 4 is 35.6 Å². The molecule has 6 atom stereocenters. The molecule has 248 valence electrons. The first-order chi connectivity index (χ1) is 22.1. The van der Waals surface area contributed by atoms with E-state index in [0.717, 1.165) is 11.1 Å². The number of carboxylic acid groups (broad SMARTS) is 2. The molecule has 3 fully saturated rings. The Morgan fingerprint density at radius 2 is 1.28 bits per heavy atom. The van der Waals surface area contributed by atoms with Crippen molar-refractivity contribution in [3.8, 4) is 5.75 Å². The van der Waals surface area contributed by atoms with Gasteiger partial charge in [0.25, 0.3) is 0 Å². The summed E-state index contributed by atoms with van der Waals surface area (Å²) in [5.74, 6) is -5.62. The van der Waals surface area contributed by atoms with Gasteiger partial charge in [0.15, 0.2) is 0 Å². The minimum Gasteiger partial charge on any atom is -0.491 e. The summed E-state index contributed by atoms with van der Waals surface area (Å²) in [5, 5.41) is 27.0. The topological polar surface area (TPSA) is 179 Å². The van der Waals surface area contributed by atoms with Gasteiger partial charge in [0, 0.05) is 31.8 Å². The molecule has 2 aliphatic heterocycles. The number of imide groups is 2. The van der Waals surface area contributed by atoms with Crippen LogP contribution in [0, 0.1) is 29.6 Å². The fourth-order valence-corrected chi connectivity index (χ4v) is 7.92. The summed E-state index contributed by atoms with van der Waals surface area (Å²) in [5.41, 5.74) is 1.71. The maximum Gasteiger partial charge on any atom is 0.303 e. The van der Waals surface area contributed by atoms with E-state index in [1.54, 1.807) is 12.1 Å². The molecule has 1 saturated carbocycles. The summed E-state index contributed by atoms with van der Waals surface area (Å²) in [6.07, 6.45) is 5.79. The Morgan fingerprint density at radius 3 is 1.85 bits per heavy atom. The summed E-state index contributed by atoms with van der Waals surface area (Å²) in [4.78, 5) is 79.5. The molecule has 2 heterocycles. The van der Waals surface area contributed by atoms with E-state index in [-0.39, 0.29) is 69.2 Å². The average molecular weight is 639 g/mol. The molecular weight excluding hydrogens is 596 g/mol. The Kier molecular flexibility index (Phi) is 10.6. The SMILES string of the molecule is O=C(O)CCCCCN1C(=O)[C@H]2[C@H](CC=C3[C@H]2C[C@H]2C(=O)N(CCCCCC(=O)O)C(=O)[C@H]2[C@H]3c2ccc(OCCO)cc2)C1=O. The Labute approximate surface area is 267 Å². The van der Waals surface area contributed by atoms with Crippen LogP contribution in [0.1, 0.15) is 75.7 Å². The second kappa shape index (κ2) is 14.6. The first-order valence-corrected chi connectivity index (χ1v) is 16.3. The van der Waals surface area contributed by atoms with Crippen LogP contribution >= 0.6 is 0 Å². The van der Waals surface area contributed by atoms with Crippen molar-refractivity contribution in [3.05, 3.63) is 41.5 Å². The number of carbonyl (C=O) groups excluding carboxylic acids is 4. The quantitative estimate of drug-likeness (QED) is 0.138. The van der Waals surface area contributed by atoms with Crippen molar-refractivity contribution in [3.63, 3.8) is 0 Å². The minimum atomic E-state index is -0.888. The fraction of sp³-hybridized carbons (Fsp3) is 0.588. The third-order valence-electron chi connectivity index (χ3n) is 9.97. The van der Waals surface area contributed by atoms with Gasteiger partial charge in [-0.2, -0.15) is 0 Å². The summed E-state index contributed by atoms with van der Waals surface area (Å²) < 4.78 is 5.53. The molecule has 0 bridgehead atoms. The lowest BCUT2D eigenvalue weighted by Crippen LogP contribution is -2.43. The number of benzene rings is 1. The molecule has 1 aromatic carbocycles. The first kappa shape index (κ1) is 33.3. The van der Waals surface area contributed by atoms with Crippen molar-refractivity contribution in [2.45, 2.75) is 70.1 Å². The number of aliphatic carboxylic acids is 2. The number of nitrogens with zero attached hydrogens (tertiary/aromatic N) is 2. The summed E-state index contributed by atoms with van der Waals surface area (Å²) in [7, 11) is 0. The lowest BCUT2D eigenvalue weighted by atomic mass is 9.57. The van der Waals surface area contributed by atoms with E-state index in [1.165, 1.54) is 9.80 Å². The molecule has 0 aromatic heterocycles. The molecule has 4 amide bonds. The van der Waals surface area contributed by atoms with Gasteiger partial charge in [0.2, 0.25) is 23.6 Å². The van der Waals surface area contributed by atoms with E-state index in [1.807, 2.05) is 18.2 Å². The van der Waals surface area contributed by atoms with Gasteiger partial charge in [0.1, 0.15) is 12.4 Å². The first-order valence-electron chi connectivity index (χ1n) is 16.3. The van der Waals surface area contributed by atoms with Crippen LogP contribution in [-0.4, -0.2) is 87.0 Å². The molecule has 0 spiro atoms. The van der Waals surface area contributed by atoms with Crippen LogP contribution in [0.3, 0.4) is 0 Å². The highest BCUT2D eigenvalue weighted by Gasteiger charge is 2.61. The molecule has 2 saturated heterocycles. The van der Waals surface area contributed by atoms with Crippen LogP contribution in [0.5, 0.6) is 5.75 Å². The zero-order chi connectivity index (χ0) is 33.0. The second-order valence-corrected chi connectivity index (χ2v) is 12.7. The van der Waals surface area contributed by atoms with Gasteiger partial charge in [-0.3, -0.25) is 38.6 Å². The third-order valence-corrected chi connectivity index (χ3v) is 9.97. The third kappa shape index (κ3) is 6.72. The number of fused-ring (bicyclic) bond motifs is 4. The van der Waals surface area contributed by atoms with E-state index < -0.39 is 47.4 Å². The van der Waals surface area contributed by atoms with E-state index >= 15 is 0 Å². The maximum absolute atomic E-state index is 14.0. The van der Waals surface area contributed by atoms with Crippen molar-refractivity contribution in [2.75, 3.05) is 26.3 Å². The summed E-state index contributed by atoms with van der Waals surface area (Å²) in [6.45, 7) is 0.419. The predicted octanol–water partition coefficient (Wildman–Crippen LogP) is 2.98. The number of carbonyl (C=O) groups is 6. The largest absolute Gasteiger partial charge is 0.491 e. The Hall–Kier alpha value is -4.06. The number of hydrogen-bond donors (Lipinski definition) is 3. The van der Waals surface area contributed by atoms with Crippen LogP contribution in [0.15, 0.2) is 35.9 Å². The van der Waals surface area contributed by atoms with E-state index in [2.05, 4.69) is 0 Å². The van der Waals surface area contributed by atoms with E-state index in [0.29, 0.717) is 50.7 Å². The molecule has 12 nitrogen and oxygen atoms in total. The number of unbranched alkanes of at least 4 members (excludes halogenated alkanes) is 4. The molecule has 12 heteroatoms. The highest BCUT2D eigenvalue weighted by Crippen LogP contribution is 2.58. The van der Waals surface area contributed by atoms with Crippen molar-refractivity contribution < 1.29 is 48.8 Å². The molecule has 0 radical (unpaired) electrons. The number of ether oxygens (including phenoxy) is 1. The van der Waals surface area contributed by atoms with Crippen LogP contribution in [0.2, 0.25) is 0 Å². The molecule has 3 N–H and O–H groups in total. The molecule has 2 aliphatic carbocycles. The van der Waals surface area contributed by atoms with Crippen molar-refractivity contribution in [2.24, 2.45) is 29.6 Å². The number of aliphatic hydroxyl groups is 1. The Morgan fingerprint density at radius 1 is 0.717 bits per heavy atom. The normalized spacial score (nSPS) is 26.9. The maximum atomic E-state index is 14.0. The van der Waals surface area contributed by atoms with Crippen LogP contribution in [-0.2, 0) is 28.8 Å². The van der Waals surface area contributed by atoms with Crippen LogP contribution in [0.4, 0.5) is 0 Å². The zero-order valence-electron chi connectivity index (χ0n) is 25.8. The number of carboxylic acids is 2. The summed E-state index contributed by atoms with van der Waals surface area (Å²) in [6, 6.07) is 7.21. The van der Waals surface area contributed by atoms with E-state index in [4.69, 9.17) is 20.1 Å². The lowest BCUT2D eigenvalue weighted by Gasteiger charge is -2.44. The second-order valence-electron chi connectivity index (χ2n) is 12.7. The molecule has 4 aliphatic rings. The van der Waals surface area contributed by atoms with Gasteiger partial charge in [0.05, 0.1) is 30.3 Å². The highest BCUT2D eigenvalue weighted by molar-refractivity contribution is 6.08. The van der Waals surface area contributed by atoms with Crippen LogP contribution < -0.4 is 4.74 Å².